The Kier molecular flexibility index (Phi) is 6.58. The summed E-state index contributed by atoms with van der Waals surface area (Å²) in [7, 11) is 0. The molecule has 0 amide bonds. The third-order valence-corrected chi connectivity index (χ3v) is 5.06. The van der Waals surface area contributed by atoms with E-state index >= 15 is 0 Å². The van der Waals surface area contributed by atoms with Crippen LogP contribution in [0.1, 0.15) is 18.9 Å². The number of anilines is 3. The Balaban J connectivity index is 1.64. The molecular weight excluding hydrogens is 366 g/mol. The molecule has 4 rings (SSSR count). The maximum absolute atomic E-state index is 5.68. The Bertz CT molecular complexity index is 1030. The minimum atomic E-state index is 0.658. The molecule has 0 saturated carbocycles. The minimum absolute atomic E-state index is 0.658. The van der Waals surface area contributed by atoms with Gasteiger partial charge in [-0.15, -0.1) is 0 Å². The van der Waals surface area contributed by atoms with Crippen LogP contribution in [0.15, 0.2) is 109 Å². The van der Waals surface area contributed by atoms with Gasteiger partial charge in [-0.2, -0.15) is 0 Å². The van der Waals surface area contributed by atoms with Gasteiger partial charge in [-0.05, 0) is 59.5 Å². The Hall–Kier alpha value is -3.36. The first-order valence-corrected chi connectivity index (χ1v) is 10.5. The van der Waals surface area contributed by atoms with Crippen molar-refractivity contribution in [2.75, 3.05) is 11.5 Å². The van der Waals surface area contributed by atoms with Crippen molar-refractivity contribution >= 4 is 17.1 Å². The predicted molar refractivity (Wildman–Crippen MR) is 127 cm³/mol. The van der Waals surface area contributed by atoms with Gasteiger partial charge in [0.2, 0.25) is 0 Å². The molecule has 0 heterocycles. The average Bonchev–Trinajstić information content (AvgIpc) is 2.82. The van der Waals surface area contributed by atoms with Crippen molar-refractivity contribution < 1.29 is 4.74 Å². The van der Waals surface area contributed by atoms with Gasteiger partial charge in [-0.25, -0.2) is 0 Å². The van der Waals surface area contributed by atoms with Crippen molar-refractivity contribution in [2.24, 2.45) is 0 Å². The summed E-state index contributed by atoms with van der Waals surface area (Å²) in [5, 5.41) is 0. The van der Waals surface area contributed by atoms with Crippen molar-refractivity contribution in [3.8, 4) is 11.1 Å². The molecule has 0 radical (unpaired) electrons. The first-order chi connectivity index (χ1) is 14.8. The average molecular weight is 394 g/mol. The van der Waals surface area contributed by atoms with E-state index in [0.29, 0.717) is 6.61 Å². The number of rotatable bonds is 8. The molecule has 0 N–H and O–H groups in total. The van der Waals surface area contributed by atoms with Gasteiger partial charge >= 0.3 is 0 Å². The molecule has 0 aliphatic heterocycles. The van der Waals surface area contributed by atoms with Crippen LogP contribution in [-0.4, -0.2) is 6.61 Å². The van der Waals surface area contributed by atoms with Crippen LogP contribution < -0.4 is 4.90 Å². The van der Waals surface area contributed by atoms with E-state index < -0.39 is 0 Å². The van der Waals surface area contributed by atoms with Gasteiger partial charge in [0.25, 0.3) is 0 Å². The number of hydrogen-bond donors (Lipinski definition) is 0. The highest BCUT2D eigenvalue weighted by Crippen LogP contribution is 2.35. The fourth-order valence-electron chi connectivity index (χ4n) is 3.53. The zero-order valence-electron chi connectivity index (χ0n) is 17.4. The second-order valence-corrected chi connectivity index (χ2v) is 7.30. The van der Waals surface area contributed by atoms with E-state index in [2.05, 4.69) is 109 Å². The summed E-state index contributed by atoms with van der Waals surface area (Å²) in [4.78, 5) is 2.28. The van der Waals surface area contributed by atoms with Crippen LogP contribution in [0.5, 0.6) is 0 Å². The molecule has 0 bridgehead atoms. The quantitative estimate of drug-likeness (QED) is 0.284. The fourth-order valence-corrected chi connectivity index (χ4v) is 3.53. The molecule has 0 aromatic heterocycles. The van der Waals surface area contributed by atoms with E-state index in [9.17, 15) is 0 Å². The second kappa shape index (κ2) is 9.91. The van der Waals surface area contributed by atoms with Crippen molar-refractivity contribution in [3.05, 3.63) is 115 Å². The lowest BCUT2D eigenvalue weighted by molar-refractivity contribution is 0.121. The highest BCUT2D eigenvalue weighted by molar-refractivity contribution is 5.78. The lowest BCUT2D eigenvalue weighted by atomic mass is 10.0. The van der Waals surface area contributed by atoms with Crippen LogP contribution in [0.3, 0.4) is 0 Å². The second-order valence-electron chi connectivity index (χ2n) is 7.30. The van der Waals surface area contributed by atoms with Gasteiger partial charge in [0.1, 0.15) is 0 Å². The van der Waals surface area contributed by atoms with Crippen LogP contribution >= 0.6 is 0 Å². The van der Waals surface area contributed by atoms with Crippen molar-refractivity contribution in [1.82, 2.24) is 0 Å². The Morgan fingerprint density at radius 2 is 1.07 bits per heavy atom. The Morgan fingerprint density at radius 3 is 1.67 bits per heavy atom. The number of nitrogens with zero attached hydrogens (tertiary/aromatic N) is 1. The first kappa shape index (κ1) is 19.9. The van der Waals surface area contributed by atoms with Crippen LogP contribution in [0.2, 0.25) is 0 Å². The summed E-state index contributed by atoms with van der Waals surface area (Å²) in [5.74, 6) is 0. The van der Waals surface area contributed by atoms with Gasteiger partial charge in [-0.3, -0.25) is 0 Å². The molecule has 0 fully saturated rings. The van der Waals surface area contributed by atoms with E-state index in [1.807, 2.05) is 12.1 Å². The predicted octanol–water partition coefficient (Wildman–Crippen LogP) is 7.75. The van der Waals surface area contributed by atoms with Crippen molar-refractivity contribution in [3.63, 3.8) is 0 Å². The lowest BCUT2D eigenvalue weighted by Crippen LogP contribution is -2.09. The molecule has 30 heavy (non-hydrogen) atoms. The molecular formula is C28H27NO. The van der Waals surface area contributed by atoms with E-state index in [4.69, 9.17) is 4.74 Å². The minimum Gasteiger partial charge on any atom is -0.377 e. The number of ether oxygens (including phenoxy) is 1. The molecule has 4 aromatic carbocycles. The molecule has 150 valence electrons. The SMILES string of the molecule is CCCOCc1ccc(N(c2ccccc2)c2ccc(-c3ccccc3)cc2)cc1. The first-order valence-electron chi connectivity index (χ1n) is 10.5. The molecule has 0 saturated heterocycles. The van der Waals surface area contributed by atoms with Gasteiger partial charge in [0.05, 0.1) is 6.61 Å². The van der Waals surface area contributed by atoms with Gasteiger partial charge in [0.15, 0.2) is 0 Å². The molecule has 2 nitrogen and oxygen atoms in total. The molecule has 0 atom stereocenters. The molecule has 0 spiro atoms. The topological polar surface area (TPSA) is 12.5 Å². The van der Waals surface area contributed by atoms with Gasteiger partial charge < -0.3 is 9.64 Å². The molecule has 4 aromatic rings. The van der Waals surface area contributed by atoms with E-state index in [0.717, 1.165) is 30.1 Å². The zero-order valence-corrected chi connectivity index (χ0v) is 17.4. The third kappa shape index (κ3) is 4.79. The van der Waals surface area contributed by atoms with Crippen LogP contribution in [0, 0.1) is 0 Å². The monoisotopic (exact) mass is 393 g/mol. The lowest BCUT2D eigenvalue weighted by Gasteiger charge is -2.26. The smallest absolute Gasteiger partial charge is 0.0716 e. The van der Waals surface area contributed by atoms with Gasteiger partial charge in [-0.1, -0.05) is 79.7 Å². The maximum Gasteiger partial charge on any atom is 0.0716 e. The summed E-state index contributed by atoms with van der Waals surface area (Å²) in [5.41, 5.74) is 7.05. The molecule has 0 aliphatic rings. The fraction of sp³-hybridized carbons (Fsp3) is 0.143. The highest BCUT2D eigenvalue weighted by Gasteiger charge is 2.12. The van der Waals surface area contributed by atoms with Crippen LogP contribution in [0.4, 0.5) is 17.1 Å². The number of hydrogen-bond acceptors (Lipinski definition) is 2. The normalized spacial score (nSPS) is 10.7. The van der Waals surface area contributed by atoms with Crippen molar-refractivity contribution in [1.29, 1.82) is 0 Å². The summed E-state index contributed by atoms with van der Waals surface area (Å²) in [6, 6.07) is 38.4. The summed E-state index contributed by atoms with van der Waals surface area (Å²) < 4.78 is 5.68. The molecule has 2 heteroatoms. The van der Waals surface area contributed by atoms with E-state index in [-0.39, 0.29) is 0 Å². The summed E-state index contributed by atoms with van der Waals surface area (Å²) >= 11 is 0. The largest absolute Gasteiger partial charge is 0.377 e. The summed E-state index contributed by atoms with van der Waals surface area (Å²) in [6.45, 7) is 3.58. The van der Waals surface area contributed by atoms with Crippen LogP contribution in [0.25, 0.3) is 11.1 Å². The Labute approximate surface area is 179 Å². The maximum atomic E-state index is 5.68. The molecule has 0 aliphatic carbocycles. The summed E-state index contributed by atoms with van der Waals surface area (Å²) in [6.07, 6.45) is 1.04. The highest BCUT2D eigenvalue weighted by atomic mass is 16.5. The van der Waals surface area contributed by atoms with E-state index in [1.165, 1.54) is 16.7 Å². The number of para-hydroxylation sites is 1. The third-order valence-electron chi connectivity index (χ3n) is 5.06. The van der Waals surface area contributed by atoms with Crippen LogP contribution in [-0.2, 0) is 11.3 Å². The number of benzene rings is 4. The van der Waals surface area contributed by atoms with E-state index in [1.54, 1.807) is 0 Å². The zero-order chi connectivity index (χ0) is 20.6. The standard InChI is InChI=1S/C28H27NO/c1-2-21-30-22-23-13-17-27(18-14-23)29(26-11-7-4-8-12-26)28-19-15-25(16-20-28)24-9-5-3-6-10-24/h3-20H,2,21-22H2,1H3. The van der Waals surface area contributed by atoms with Gasteiger partial charge in [0, 0.05) is 23.7 Å². The van der Waals surface area contributed by atoms with Crippen molar-refractivity contribution in [2.45, 2.75) is 20.0 Å². The Morgan fingerprint density at radius 1 is 0.567 bits per heavy atom. The molecule has 0 unspecified atom stereocenters.